The summed E-state index contributed by atoms with van der Waals surface area (Å²) in [4.78, 5) is 0. The minimum Gasteiger partial charge on any atom is -0.456 e. The summed E-state index contributed by atoms with van der Waals surface area (Å²) >= 11 is 0. The van der Waals surface area contributed by atoms with E-state index in [1.807, 2.05) is 0 Å². The average Bonchev–Trinajstić information content (AvgIpc) is 3.76. The molecule has 0 saturated heterocycles. The summed E-state index contributed by atoms with van der Waals surface area (Å²) in [5.74, 6) is 0.0860. The van der Waals surface area contributed by atoms with Gasteiger partial charge < -0.3 is 8.98 Å². The van der Waals surface area contributed by atoms with Gasteiger partial charge in [0.25, 0.3) is 0 Å². The SMILES string of the molecule is Cc1ccccc1-c1cc(-c2ccc3c(c2)c2ccccc2n3-c2ccccc2)ccc1[C@@H](C)c1cccc2c1oc1cc(-c3ccccc3)ccc12. The molecule has 0 bridgehead atoms. The Kier molecular flexibility index (Phi) is 7.37. The predicted molar refractivity (Wildman–Crippen MR) is 223 cm³/mol. The van der Waals surface area contributed by atoms with E-state index in [0.717, 1.165) is 27.5 Å². The number of furan rings is 1. The first-order valence-electron chi connectivity index (χ1n) is 18.4. The first-order valence-corrected chi connectivity index (χ1v) is 18.4. The van der Waals surface area contributed by atoms with E-state index in [4.69, 9.17) is 4.42 Å². The molecular formula is C51H37NO. The number of para-hydroxylation sites is 3. The van der Waals surface area contributed by atoms with Crippen molar-refractivity contribution in [2.45, 2.75) is 19.8 Å². The number of hydrogen-bond acceptors (Lipinski definition) is 1. The maximum Gasteiger partial charge on any atom is 0.139 e. The van der Waals surface area contributed by atoms with Crippen LogP contribution in [0.1, 0.15) is 29.5 Å². The third-order valence-electron chi connectivity index (χ3n) is 11.1. The molecule has 2 heterocycles. The van der Waals surface area contributed by atoms with Crippen molar-refractivity contribution in [1.29, 1.82) is 0 Å². The largest absolute Gasteiger partial charge is 0.456 e. The summed E-state index contributed by atoms with van der Waals surface area (Å²) in [5.41, 5.74) is 16.5. The van der Waals surface area contributed by atoms with Crippen LogP contribution in [0.2, 0.25) is 0 Å². The first kappa shape index (κ1) is 31.1. The third-order valence-corrected chi connectivity index (χ3v) is 11.1. The van der Waals surface area contributed by atoms with Crippen molar-refractivity contribution in [1.82, 2.24) is 4.57 Å². The molecule has 0 spiro atoms. The van der Waals surface area contributed by atoms with Crippen LogP contribution in [-0.2, 0) is 0 Å². The highest BCUT2D eigenvalue weighted by Crippen LogP contribution is 2.43. The molecule has 10 aromatic rings. The van der Waals surface area contributed by atoms with E-state index in [2.05, 4.69) is 200 Å². The van der Waals surface area contributed by atoms with E-state index in [0.29, 0.717) is 0 Å². The van der Waals surface area contributed by atoms with Crippen LogP contribution in [0.4, 0.5) is 0 Å². The van der Waals surface area contributed by atoms with Crippen molar-refractivity contribution in [3.05, 3.63) is 199 Å². The molecule has 2 nitrogen and oxygen atoms in total. The summed E-state index contributed by atoms with van der Waals surface area (Å²) in [6, 6.07) is 65.8. The molecule has 53 heavy (non-hydrogen) atoms. The van der Waals surface area contributed by atoms with Crippen LogP contribution >= 0.6 is 0 Å². The van der Waals surface area contributed by atoms with E-state index in [1.165, 1.54) is 72.0 Å². The van der Waals surface area contributed by atoms with Gasteiger partial charge in [-0.25, -0.2) is 0 Å². The molecule has 0 aliphatic rings. The van der Waals surface area contributed by atoms with Gasteiger partial charge in [-0.1, -0.05) is 140 Å². The fourth-order valence-electron chi connectivity index (χ4n) is 8.37. The van der Waals surface area contributed by atoms with Gasteiger partial charge in [-0.2, -0.15) is 0 Å². The van der Waals surface area contributed by atoms with Crippen molar-refractivity contribution in [2.75, 3.05) is 0 Å². The lowest BCUT2D eigenvalue weighted by Crippen LogP contribution is -2.01. The fraction of sp³-hybridized carbons (Fsp3) is 0.0588. The van der Waals surface area contributed by atoms with Crippen LogP contribution in [0.25, 0.3) is 82.8 Å². The molecule has 0 unspecified atom stereocenters. The van der Waals surface area contributed by atoms with E-state index in [9.17, 15) is 0 Å². The Morgan fingerprint density at radius 2 is 1.09 bits per heavy atom. The summed E-state index contributed by atoms with van der Waals surface area (Å²) in [5, 5.41) is 4.81. The second-order valence-corrected chi connectivity index (χ2v) is 14.2. The van der Waals surface area contributed by atoms with Crippen LogP contribution < -0.4 is 0 Å². The van der Waals surface area contributed by atoms with Crippen LogP contribution in [0, 0.1) is 6.92 Å². The molecule has 1 atom stereocenters. The molecule has 252 valence electrons. The Hall–Kier alpha value is -6.64. The quantitative estimate of drug-likeness (QED) is 0.171. The predicted octanol–water partition coefficient (Wildman–Crippen LogP) is 14.1. The van der Waals surface area contributed by atoms with E-state index in [1.54, 1.807) is 0 Å². The number of fused-ring (bicyclic) bond motifs is 6. The van der Waals surface area contributed by atoms with Crippen molar-refractivity contribution >= 4 is 43.7 Å². The average molecular weight is 680 g/mol. The Bertz CT molecular complexity index is 2970. The summed E-state index contributed by atoms with van der Waals surface area (Å²) in [6.45, 7) is 4.53. The molecule has 0 saturated carbocycles. The van der Waals surface area contributed by atoms with Crippen molar-refractivity contribution < 1.29 is 4.42 Å². The van der Waals surface area contributed by atoms with Gasteiger partial charge in [0.15, 0.2) is 0 Å². The van der Waals surface area contributed by atoms with Gasteiger partial charge in [-0.05, 0) is 100.0 Å². The highest BCUT2D eigenvalue weighted by molar-refractivity contribution is 6.11. The summed E-state index contributed by atoms with van der Waals surface area (Å²) in [7, 11) is 0. The van der Waals surface area contributed by atoms with Crippen molar-refractivity contribution in [3.8, 4) is 39.1 Å². The molecule has 0 fully saturated rings. The Balaban J connectivity index is 1.12. The van der Waals surface area contributed by atoms with Crippen LogP contribution in [-0.4, -0.2) is 4.57 Å². The third kappa shape index (κ3) is 5.18. The van der Waals surface area contributed by atoms with Gasteiger partial charge in [0.1, 0.15) is 11.2 Å². The van der Waals surface area contributed by atoms with Gasteiger partial charge in [0.2, 0.25) is 0 Å². The number of nitrogens with zero attached hydrogens (tertiary/aromatic N) is 1. The molecule has 2 aromatic heterocycles. The number of hydrogen-bond donors (Lipinski definition) is 0. The molecule has 8 aromatic carbocycles. The molecule has 0 aliphatic carbocycles. The van der Waals surface area contributed by atoms with Gasteiger partial charge >= 0.3 is 0 Å². The highest BCUT2D eigenvalue weighted by Gasteiger charge is 2.22. The Morgan fingerprint density at radius 3 is 1.94 bits per heavy atom. The number of rotatable bonds is 6. The molecule has 2 heteroatoms. The maximum absolute atomic E-state index is 6.76. The van der Waals surface area contributed by atoms with Crippen molar-refractivity contribution in [2.24, 2.45) is 0 Å². The van der Waals surface area contributed by atoms with Crippen LogP contribution in [0.3, 0.4) is 0 Å². The molecule has 0 amide bonds. The van der Waals surface area contributed by atoms with Crippen molar-refractivity contribution in [3.63, 3.8) is 0 Å². The zero-order valence-corrected chi connectivity index (χ0v) is 29.8. The highest BCUT2D eigenvalue weighted by atomic mass is 16.3. The van der Waals surface area contributed by atoms with Gasteiger partial charge in [0.05, 0.1) is 11.0 Å². The monoisotopic (exact) mass is 679 g/mol. The normalized spacial score (nSPS) is 12.3. The van der Waals surface area contributed by atoms with Gasteiger partial charge in [0, 0.05) is 38.7 Å². The zero-order chi connectivity index (χ0) is 35.5. The molecule has 0 N–H and O–H groups in total. The summed E-state index contributed by atoms with van der Waals surface area (Å²) < 4.78 is 9.13. The lowest BCUT2D eigenvalue weighted by molar-refractivity contribution is 0.659. The minimum atomic E-state index is 0.0860. The molecule has 0 radical (unpaired) electrons. The Morgan fingerprint density at radius 1 is 0.434 bits per heavy atom. The fourth-order valence-corrected chi connectivity index (χ4v) is 8.37. The molecule has 10 rings (SSSR count). The van der Waals surface area contributed by atoms with Crippen LogP contribution in [0.5, 0.6) is 0 Å². The smallest absolute Gasteiger partial charge is 0.139 e. The van der Waals surface area contributed by atoms with E-state index < -0.39 is 0 Å². The molecule has 0 aliphatic heterocycles. The van der Waals surface area contributed by atoms with Gasteiger partial charge in [-0.15, -0.1) is 0 Å². The number of aryl methyl sites for hydroxylation is 1. The topological polar surface area (TPSA) is 18.1 Å². The second kappa shape index (κ2) is 12.5. The second-order valence-electron chi connectivity index (χ2n) is 14.2. The lowest BCUT2D eigenvalue weighted by atomic mass is 9.84. The molecular weight excluding hydrogens is 643 g/mol. The number of benzene rings is 8. The van der Waals surface area contributed by atoms with Gasteiger partial charge in [-0.3, -0.25) is 0 Å². The maximum atomic E-state index is 6.76. The lowest BCUT2D eigenvalue weighted by Gasteiger charge is -2.20. The summed E-state index contributed by atoms with van der Waals surface area (Å²) in [6.07, 6.45) is 0. The van der Waals surface area contributed by atoms with E-state index in [-0.39, 0.29) is 5.92 Å². The van der Waals surface area contributed by atoms with E-state index >= 15 is 0 Å². The zero-order valence-electron chi connectivity index (χ0n) is 29.8. The standard InChI is InChI=1S/C51H37NO/c1-33-14-9-10-19-40(33)46-30-36(37-26-29-49-47(31-37)43-20-11-12-23-48(43)52(49)39-17-7-4-8-18-39)24-27-41(46)34(2)42-21-13-22-45-44-28-25-38(32-50(44)53-51(42)45)35-15-5-3-6-16-35/h3-32,34H,1-2H3/t34-/m1/s1. The first-order chi connectivity index (χ1) is 26.1. The minimum absolute atomic E-state index is 0.0860. The Labute approximate surface area is 309 Å². The van der Waals surface area contributed by atoms with Crippen LogP contribution in [0.15, 0.2) is 186 Å². The number of aromatic nitrogens is 1.